The molecule has 0 saturated heterocycles. The van der Waals surface area contributed by atoms with Crippen LogP contribution in [0.3, 0.4) is 0 Å². The van der Waals surface area contributed by atoms with E-state index in [1.54, 1.807) is 25.1 Å². The van der Waals surface area contributed by atoms with Crippen LogP contribution in [0.2, 0.25) is 0 Å². The Bertz CT molecular complexity index is 1420. The second-order valence-electron chi connectivity index (χ2n) is 9.27. The maximum atomic E-state index is 13.5. The lowest BCUT2D eigenvalue weighted by Crippen LogP contribution is -2.50. The van der Waals surface area contributed by atoms with Gasteiger partial charge in [-0.1, -0.05) is 42.5 Å². The third-order valence-corrected chi connectivity index (χ3v) is 6.30. The molecule has 0 bridgehead atoms. The van der Waals surface area contributed by atoms with Crippen molar-refractivity contribution in [2.45, 2.75) is 38.3 Å². The number of carbonyl (C=O) groups excluding carboxylic acids is 4. The number of ether oxygens (including phenoxy) is 3. The van der Waals surface area contributed by atoms with E-state index in [4.69, 9.17) is 19.9 Å². The van der Waals surface area contributed by atoms with Gasteiger partial charge in [0.2, 0.25) is 18.6 Å². The number of nitrogens with one attached hydrogen (secondary N) is 3. The normalized spacial score (nSPS) is 13.4. The van der Waals surface area contributed by atoms with Crippen LogP contribution in [0.1, 0.15) is 35.8 Å². The largest absolute Gasteiger partial charge is 0.463 e. The molecule has 2 heterocycles. The highest BCUT2D eigenvalue weighted by Gasteiger charge is 2.25. The fraction of sp³-hybridized carbons (Fsp3) is 0.267. The molecule has 11 nitrogen and oxygen atoms in total. The van der Waals surface area contributed by atoms with Gasteiger partial charge < -0.3 is 35.6 Å². The van der Waals surface area contributed by atoms with Crippen molar-refractivity contribution in [3.8, 4) is 22.8 Å². The van der Waals surface area contributed by atoms with Crippen molar-refractivity contribution in [3.63, 3.8) is 0 Å². The first-order chi connectivity index (χ1) is 19.8. The predicted octanol–water partition coefficient (Wildman–Crippen LogP) is 2.62. The van der Waals surface area contributed by atoms with Gasteiger partial charge in [0.05, 0.1) is 6.61 Å². The van der Waals surface area contributed by atoms with Gasteiger partial charge in [-0.15, -0.1) is 0 Å². The van der Waals surface area contributed by atoms with Gasteiger partial charge in [0, 0.05) is 36.2 Å². The Labute approximate surface area is 237 Å². The summed E-state index contributed by atoms with van der Waals surface area (Å²) in [5.74, 6) is -0.919. The van der Waals surface area contributed by atoms with Crippen molar-refractivity contribution in [2.24, 2.45) is 5.73 Å². The number of aromatic nitrogens is 1. The minimum Gasteiger partial charge on any atom is -0.463 e. The first-order valence-electron chi connectivity index (χ1n) is 13.2. The number of benzene rings is 2. The van der Waals surface area contributed by atoms with Crippen LogP contribution in [0.4, 0.5) is 0 Å². The van der Waals surface area contributed by atoms with Crippen molar-refractivity contribution in [3.05, 3.63) is 84.1 Å². The van der Waals surface area contributed by atoms with Crippen LogP contribution in [0.15, 0.2) is 72.8 Å². The van der Waals surface area contributed by atoms with E-state index in [-0.39, 0.29) is 38.4 Å². The summed E-state index contributed by atoms with van der Waals surface area (Å²) >= 11 is 0. The number of hydrogen-bond acceptors (Lipinski definition) is 7. The Morgan fingerprint density at radius 3 is 2.59 bits per heavy atom. The summed E-state index contributed by atoms with van der Waals surface area (Å²) in [7, 11) is 0. The molecule has 5 N–H and O–H groups in total. The van der Waals surface area contributed by atoms with Crippen molar-refractivity contribution in [1.29, 1.82) is 0 Å². The van der Waals surface area contributed by atoms with Crippen LogP contribution >= 0.6 is 0 Å². The molecule has 214 valence electrons. The molecule has 0 spiro atoms. The Balaban J connectivity index is 1.52. The molecule has 3 aromatic rings. The lowest BCUT2D eigenvalue weighted by Gasteiger charge is -2.22. The van der Waals surface area contributed by atoms with Gasteiger partial charge in [-0.25, -0.2) is 4.79 Å². The lowest BCUT2D eigenvalue weighted by atomic mass is 10.0. The Hall–Kier alpha value is -5.06. The van der Waals surface area contributed by atoms with Crippen LogP contribution in [-0.4, -0.2) is 54.2 Å². The van der Waals surface area contributed by atoms with Crippen molar-refractivity contribution >= 4 is 23.7 Å². The third-order valence-electron chi connectivity index (χ3n) is 6.30. The van der Waals surface area contributed by atoms with E-state index in [0.29, 0.717) is 17.2 Å². The summed E-state index contributed by atoms with van der Waals surface area (Å²) in [4.78, 5) is 53.1. The van der Waals surface area contributed by atoms with Gasteiger partial charge in [0.25, 0.3) is 5.91 Å². The van der Waals surface area contributed by atoms with Crippen LogP contribution in [-0.2, 0) is 25.5 Å². The molecule has 0 unspecified atom stereocenters. The van der Waals surface area contributed by atoms with Gasteiger partial charge >= 0.3 is 5.97 Å². The van der Waals surface area contributed by atoms with Crippen LogP contribution < -0.4 is 25.8 Å². The Morgan fingerprint density at radius 1 is 1.02 bits per heavy atom. The molecule has 0 fully saturated rings. The van der Waals surface area contributed by atoms with Crippen LogP contribution in [0.25, 0.3) is 11.3 Å². The number of fused-ring (bicyclic) bond motifs is 1. The molecule has 0 saturated carbocycles. The molecule has 0 radical (unpaired) electrons. The standard InChI is InChI=1S/C30H32N4O7/c1-2-39-27(36)16-12-20(11-15-26(31)35)32-30(38)24(17-19-7-4-3-5-8-19)34-29(37)23-14-13-22(33-23)21-9-6-10-25-28(21)41-18-40-25/h3-10,12-14,16,20,24,33H,2,11,15,17-18H2,1H3,(H2,31,35)(H,32,38)(H,34,37)/b16-12+/t20-,24-/m0/s1. The number of primary amides is 1. The molecule has 1 aromatic heterocycles. The minimum atomic E-state index is -0.971. The second-order valence-corrected chi connectivity index (χ2v) is 9.27. The van der Waals surface area contributed by atoms with E-state index in [9.17, 15) is 19.2 Å². The monoisotopic (exact) mass is 560 g/mol. The fourth-order valence-electron chi connectivity index (χ4n) is 4.30. The number of carbonyl (C=O) groups is 4. The number of amides is 3. The number of H-pyrrole nitrogens is 1. The Kier molecular flexibility index (Phi) is 9.76. The molecule has 4 rings (SSSR count). The molecule has 11 heteroatoms. The summed E-state index contributed by atoms with van der Waals surface area (Å²) in [6, 6.07) is 16.4. The number of nitrogens with two attached hydrogens (primary N) is 1. The summed E-state index contributed by atoms with van der Waals surface area (Å²) in [5.41, 5.74) is 7.76. The summed E-state index contributed by atoms with van der Waals surface area (Å²) in [5, 5.41) is 5.62. The zero-order valence-corrected chi connectivity index (χ0v) is 22.6. The number of rotatable bonds is 13. The molecular formula is C30H32N4O7. The van der Waals surface area contributed by atoms with Gasteiger partial charge in [-0.3, -0.25) is 14.4 Å². The highest BCUT2D eigenvalue weighted by atomic mass is 16.7. The van der Waals surface area contributed by atoms with Gasteiger partial charge in [0.1, 0.15) is 11.7 Å². The molecule has 3 amide bonds. The van der Waals surface area contributed by atoms with Gasteiger partial charge in [0.15, 0.2) is 11.5 Å². The van der Waals surface area contributed by atoms with Crippen LogP contribution in [0, 0.1) is 0 Å². The Morgan fingerprint density at radius 2 is 1.83 bits per heavy atom. The molecule has 1 aliphatic rings. The highest BCUT2D eigenvalue weighted by Crippen LogP contribution is 2.40. The maximum Gasteiger partial charge on any atom is 0.330 e. The summed E-state index contributed by atoms with van der Waals surface area (Å²) < 4.78 is 15.9. The molecule has 1 aliphatic heterocycles. The van der Waals surface area contributed by atoms with E-state index in [1.807, 2.05) is 42.5 Å². The smallest absolute Gasteiger partial charge is 0.330 e. The summed E-state index contributed by atoms with van der Waals surface area (Å²) in [6.07, 6.45) is 2.98. The molecule has 2 atom stereocenters. The fourth-order valence-corrected chi connectivity index (χ4v) is 4.30. The average Bonchev–Trinajstić information content (AvgIpc) is 3.65. The SMILES string of the molecule is CCOC(=O)/C=C/[C@H](CCC(N)=O)NC(=O)[C@H](Cc1ccccc1)NC(=O)c1ccc(-c2cccc3c2OCO3)[nH]1. The number of aromatic amines is 1. The van der Waals surface area contributed by atoms with Gasteiger partial charge in [-0.05, 0) is 43.2 Å². The van der Waals surface area contributed by atoms with E-state index in [0.717, 1.165) is 11.1 Å². The predicted molar refractivity (Wildman–Crippen MR) is 150 cm³/mol. The quantitative estimate of drug-likeness (QED) is 0.185. The number of esters is 1. The first kappa shape index (κ1) is 28.9. The molecular weight excluding hydrogens is 528 g/mol. The second kappa shape index (κ2) is 13.8. The van der Waals surface area contributed by atoms with E-state index >= 15 is 0 Å². The van der Waals surface area contributed by atoms with Crippen molar-refractivity contribution < 1.29 is 33.4 Å². The number of para-hydroxylation sites is 1. The topological polar surface area (TPSA) is 162 Å². The van der Waals surface area contributed by atoms with E-state index in [2.05, 4.69) is 15.6 Å². The average molecular weight is 561 g/mol. The zero-order valence-electron chi connectivity index (χ0n) is 22.6. The number of hydrogen-bond donors (Lipinski definition) is 4. The van der Waals surface area contributed by atoms with E-state index < -0.39 is 35.8 Å². The first-order valence-corrected chi connectivity index (χ1v) is 13.2. The van der Waals surface area contributed by atoms with Crippen molar-refractivity contribution in [1.82, 2.24) is 15.6 Å². The van der Waals surface area contributed by atoms with Crippen molar-refractivity contribution in [2.75, 3.05) is 13.4 Å². The van der Waals surface area contributed by atoms with Gasteiger partial charge in [-0.2, -0.15) is 0 Å². The summed E-state index contributed by atoms with van der Waals surface area (Å²) in [6.45, 7) is 1.99. The molecule has 41 heavy (non-hydrogen) atoms. The molecule has 2 aromatic carbocycles. The minimum absolute atomic E-state index is 0.0168. The maximum absolute atomic E-state index is 13.5. The third kappa shape index (κ3) is 7.98. The van der Waals surface area contributed by atoms with E-state index in [1.165, 1.54) is 12.2 Å². The zero-order chi connectivity index (χ0) is 29.2. The molecule has 0 aliphatic carbocycles. The van der Waals surface area contributed by atoms with Crippen LogP contribution in [0.5, 0.6) is 11.5 Å². The highest BCUT2D eigenvalue weighted by molar-refractivity contribution is 5.97. The lowest BCUT2D eigenvalue weighted by molar-refractivity contribution is -0.137.